The van der Waals surface area contributed by atoms with E-state index in [4.69, 9.17) is 0 Å². The maximum atomic E-state index is 13.8. The van der Waals surface area contributed by atoms with Gasteiger partial charge in [0.05, 0.1) is 5.41 Å². The van der Waals surface area contributed by atoms with E-state index in [0.717, 1.165) is 31.8 Å². The topological polar surface area (TPSA) is 35.6 Å². The number of carbonyl (C=O) groups is 1. The van der Waals surface area contributed by atoms with E-state index in [9.17, 15) is 4.79 Å². The molecule has 0 radical (unpaired) electrons. The van der Waals surface area contributed by atoms with E-state index in [0.29, 0.717) is 30.0 Å². The average molecular weight is 394 g/mol. The summed E-state index contributed by atoms with van der Waals surface area (Å²) < 4.78 is 0. The molecule has 5 atom stereocenters. The zero-order valence-electron chi connectivity index (χ0n) is 17.6. The summed E-state index contributed by atoms with van der Waals surface area (Å²) in [7, 11) is 0. The van der Waals surface area contributed by atoms with Gasteiger partial charge in [-0.05, 0) is 75.4 Å². The van der Waals surface area contributed by atoms with Gasteiger partial charge in [0.1, 0.15) is 0 Å². The third-order valence-electron chi connectivity index (χ3n) is 9.17. The van der Waals surface area contributed by atoms with Gasteiger partial charge >= 0.3 is 0 Å². The number of hydrogen-bond acceptors (Lipinski definition) is 3. The minimum Gasteiger partial charge on any atom is -0.336 e. The van der Waals surface area contributed by atoms with Crippen LogP contribution in [-0.4, -0.2) is 60.0 Å². The standard InChI is InChI=1S/C25H35N3O/c29-24(28-17-21-14-23(28)16-26-21)25-10-4-7-20(25)13-22(15-25)27-11-8-19(9-12-27)18-5-2-1-3-6-18/h1-3,5-6,19-23,26H,4,7-17H2/t20-,21?,22-,23?,25-/m1/s1. The van der Waals surface area contributed by atoms with Gasteiger partial charge < -0.3 is 15.1 Å². The normalized spacial score (nSPS) is 39.9. The summed E-state index contributed by atoms with van der Waals surface area (Å²) in [6.07, 6.45) is 9.82. The van der Waals surface area contributed by atoms with Crippen molar-refractivity contribution >= 4 is 5.91 Å². The molecule has 2 aliphatic carbocycles. The molecule has 0 aromatic heterocycles. The first-order valence-electron chi connectivity index (χ1n) is 12.1. The molecule has 4 heteroatoms. The van der Waals surface area contributed by atoms with Gasteiger partial charge in [-0.2, -0.15) is 0 Å². The van der Waals surface area contributed by atoms with Crippen LogP contribution in [0.2, 0.25) is 0 Å². The number of carbonyl (C=O) groups excluding carboxylic acids is 1. The molecule has 3 saturated heterocycles. The SMILES string of the molecule is O=C(N1CC2CC1CN2)[C@@]12CCC[C@@H]1C[C@@H](N1CCC(c3ccccc3)CC1)C2. The van der Waals surface area contributed by atoms with Crippen LogP contribution in [0.4, 0.5) is 0 Å². The number of nitrogens with one attached hydrogen (secondary N) is 1. The third-order valence-corrected chi connectivity index (χ3v) is 9.17. The lowest BCUT2D eigenvalue weighted by Crippen LogP contribution is -2.52. The first-order chi connectivity index (χ1) is 14.2. The fraction of sp³-hybridized carbons (Fsp3) is 0.720. The van der Waals surface area contributed by atoms with Crippen LogP contribution in [0.15, 0.2) is 30.3 Å². The van der Waals surface area contributed by atoms with E-state index in [-0.39, 0.29) is 5.41 Å². The molecule has 6 rings (SSSR count). The van der Waals surface area contributed by atoms with Crippen LogP contribution in [0.3, 0.4) is 0 Å². The van der Waals surface area contributed by atoms with E-state index in [1.807, 2.05) is 0 Å². The smallest absolute Gasteiger partial charge is 0.229 e. The highest BCUT2D eigenvalue weighted by Crippen LogP contribution is 2.57. The van der Waals surface area contributed by atoms with Crippen molar-refractivity contribution in [1.29, 1.82) is 0 Å². The van der Waals surface area contributed by atoms with Crippen LogP contribution in [-0.2, 0) is 4.79 Å². The monoisotopic (exact) mass is 393 g/mol. The molecule has 5 aliphatic rings. The fourth-order valence-electron chi connectivity index (χ4n) is 7.65. The Balaban J connectivity index is 1.13. The predicted molar refractivity (Wildman–Crippen MR) is 115 cm³/mol. The molecule has 1 amide bonds. The largest absolute Gasteiger partial charge is 0.336 e. The van der Waals surface area contributed by atoms with E-state index in [1.54, 1.807) is 0 Å². The summed E-state index contributed by atoms with van der Waals surface area (Å²) in [5.41, 5.74) is 1.49. The molecular weight excluding hydrogens is 358 g/mol. The zero-order valence-corrected chi connectivity index (χ0v) is 17.6. The van der Waals surface area contributed by atoms with E-state index >= 15 is 0 Å². The maximum Gasteiger partial charge on any atom is 0.229 e. The maximum absolute atomic E-state index is 13.8. The molecule has 1 aromatic rings. The van der Waals surface area contributed by atoms with E-state index < -0.39 is 0 Å². The quantitative estimate of drug-likeness (QED) is 0.855. The summed E-state index contributed by atoms with van der Waals surface area (Å²) in [4.78, 5) is 18.8. The van der Waals surface area contributed by atoms with Crippen LogP contribution in [0.25, 0.3) is 0 Å². The minimum atomic E-state index is -0.0224. The molecule has 2 saturated carbocycles. The van der Waals surface area contributed by atoms with Gasteiger partial charge in [-0.3, -0.25) is 4.79 Å². The Kier molecular flexibility index (Phi) is 4.50. The summed E-state index contributed by atoms with van der Waals surface area (Å²) in [5, 5.41) is 3.56. The molecular formula is C25H35N3O. The van der Waals surface area contributed by atoms with Crippen LogP contribution in [0.5, 0.6) is 0 Å². The molecule has 4 nitrogen and oxygen atoms in total. The van der Waals surface area contributed by atoms with Gasteiger partial charge in [0.15, 0.2) is 0 Å². The number of amides is 1. The molecule has 1 aromatic carbocycles. The molecule has 2 unspecified atom stereocenters. The summed E-state index contributed by atoms with van der Waals surface area (Å²) in [5.74, 6) is 1.89. The predicted octanol–water partition coefficient (Wildman–Crippen LogP) is 3.39. The van der Waals surface area contributed by atoms with E-state index in [1.165, 1.54) is 57.2 Å². The highest BCUT2D eigenvalue weighted by atomic mass is 16.2. The van der Waals surface area contributed by atoms with Gasteiger partial charge in [0.2, 0.25) is 5.91 Å². The molecule has 2 bridgehead atoms. The van der Waals surface area contributed by atoms with Crippen LogP contribution < -0.4 is 5.32 Å². The molecule has 0 spiro atoms. The Morgan fingerprint density at radius 1 is 1.03 bits per heavy atom. The summed E-state index contributed by atoms with van der Waals surface area (Å²) in [6, 6.07) is 12.7. The van der Waals surface area contributed by atoms with Crippen molar-refractivity contribution in [2.75, 3.05) is 26.2 Å². The van der Waals surface area contributed by atoms with Crippen LogP contribution in [0, 0.1) is 11.3 Å². The minimum absolute atomic E-state index is 0.0224. The van der Waals surface area contributed by atoms with Gasteiger partial charge in [-0.1, -0.05) is 36.8 Å². The Labute approximate surface area is 175 Å². The molecule has 29 heavy (non-hydrogen) atoms. The first-order valence-corrected chi connectivity index (χ1v) is 12.1. The van der Waals surface area contributed by atoms with Crippen molar-refractivity contribution in [2.24, 2.45) is 11.3 Å². The number of piperazine rings is 1. The number of likely N-dealkylation sites (tertiary alicyclic amines) is 2. The number of fused-ring (bicyclic) bond motifs is 3. The lowest BCUT2D eigenvalue weighted by Gasteiger charge is -2.39. The van der Waals surface area contributed by atoms with Gasteiger partial charge in [-0.25, -0.2) is 0 Å². The lowest BCUT2D eigenvalue weighted by molar-refractivity contribution is -0.145. The second-order valence-electron chi connectivity index (χ2n) is 10.5. The fourth-order valence-corrected chi connectivity index (χ4v) is 7.65. The second kappa shape index (κ2) is 7.09. The Morgan fingerprint density at radius 3 is 2.59 bits per heavy atom. The van der Waals surface area contributed by atoms with Crippen molar-refractivity contribution in [3.8, 4) is 0 Å². The molecule has 3 heterocycles. The third kappa shape index (κ3) is 2.97. The first kappa shape index (κ1) is 18.4. The van der Waals surface area contributed by atoms with Gasteiger partial charge in [0.25, 0.3) is 0 Å². The highest BCUT2D eigenvalue weighted by Gasteiger charge is 2.58. The van der Waals surface area contributed by atoms with Gasteiger partial charge in [-0.15, -0.1) is 0 Å². The lowest BCUT2D eigenvalue weighted by atomic mass is 9.78. The second-order valence-corrected chi connectivity index (χ2v) is 10.5. The van der Waals surface area contributed by atoms with E-state index in [2.05, 4.69) is 45.4 Å². The van der Waals surface area contributed by atoms with Crippen molar-refractivity contribution in [1.82, 2.24) is 15.1 Å². The van der Waals surface area contributed by atoms with Crippen LogP contribution in [0.1, 0.15) is 62.8 Å². The number of nitrogens with zero attached hydrogens (tertiary/aromatic N) is 2. The number of benzene rings is 1. The Bertz CT molecular complexity index is 759. The highest BCUT2D eigenvalue weighted by molar-refractivity contribution is 5.85. The molecule has 5 fully saturated rings. The van der Waals surface area contributed by atoms with Crippen molar-refractivity contribution in [3.63, 3.8) is 0 Å². The zero-order chi connectivity index (χ0) is 19.4. The number of rotatable bonds is 3. The summed E-state index contributed by atoms with van der Waals surface area (Å²) in [6.45, 7) is 4.40. The molecule has 1 N–H and O–H groups in total. The van der Waals surface area contributed by atoms with Gasteiger partial charge in [0, 0.05) is 31.2 Å². The molecule has 156 valence electrons. The van der Waals surface area contributed by atoms with Crippen molar-refractivity contribution in [3.05, 3.63) is 35.9 Å². The average Bonchev–Trinajstić information content (AvgIpc) is 3.54. The van der Waals surface area contributed by atoms with Crippen molar-refractivity contribution < 1.29 is 4.79 Å². The summed E-state index contributed by atoms with van der Waals surface area (Å²) >= 11 is 0. The Morgan fingerprint density at radius 2 is 1.86 bits per heavy atom. The molecule has 3 aliphatic heterocycles. The number of piperidine rings is 1. The Hall–Kier alpha value is -1.39. The number of hydrogen-bond donors (Lipinski definition) is 1. The van der Waals surface area contributed by atoms with Crippen LogP contribution >= 0.6 is 0 Å². The van der Waals surface area contributed by atoms with Crippen molar-refractivity contribution in [2.45, 2.75) is 75.4 Å².